The van der Waals surface area contributed by atoms with Gasteiger partial charge in [-0.3, -0.25) is 9.59 Å². The normalized spacial score (nSPS) is 16.3. The highest BCUT2D eigenvalue weighted by Crippen LogP contribution is 2.36. The number of ether oxygens (including phenoxy) is 1. The molecular formula is C26H21F5N2O4. The quantitative estimate of drug-likeness (QED) is 0.375. The highest BCUT2D eigenvalue weighted by Gasteiger charge is 2.34. The van der Waals surface area contributed by atoms with Crippen LogP contribution in [0.3, 0.4) is 0 Å². The van der Waals surface area contributed by atoms with Crippen molar-refractivity contribution >= 4 is 17.5 Å². The second kappa shape index (κ2) is 10.2. The Bertz CT molecular complexity index is 1360. The van der Waals surface area contributed by atoms with Crippen molar-refractivity contribution in [2.75, 3.05) is 11.9 Å². The van der Waals surface area contributed by atoms with Gasteiger partial charge in [-0.25, -0.2) is 8.78 Å². The van der Waals surface area contributed by atoms with Crippen LogP contribution < -0.4 is 15.4 Å². The minimum absolute atomic E-state index is 0.0276. The fraction of sp³-hybridized carbons (Fsp3) is 0.231. The number of alkyl halides is 3. The highest BCUT2D eigenvalue weighted by molar-refractivity contribution is 6.06. The molecule has 194 valence electrons. The third kappa shape index (κ3) is 5.72. The molecular weight excluding hydrogens is 499 g/mol. The molecule has 3 aromatic carbocycles. The Balaban J connectivity index is 1.66. The maximum absolute atomic E-state index is 14.4. The lowest BCUT2D eigenvalue weighted by Gasteiger charge is -2.18. The molecule has 0 radical (unpaired) electrons. The van der Waals surface area contributed by atoms with E-state index in [2.05, 4.69) is 10.6 Å². The standard InChI is InChI=1S/C26H21F5N2O4/c1-13-10-15(27)3-7-21(13)37-22-6-2-14(26(29,30)31)11-19(22)25(36)33-16-4-5-20(28)18(12-16)23(34)17-8-9-32-24(17)35/h2-7,10-12,17,23,34H,8-9H2,1H3,(H,32,35)(H,33,36). The number of anilines is 1. The first kappa shape index (κ1) is 26.1. The molecule has 0 aromatic heterocycles. The Kier molecular flexibility index (Phi) is 7.17. The molecule has 0 aliphatic carbocycles. The van der Waals surface area contributed by atoms with Gasteiger partial charge in [0, 0.05) is 17.8 Å². The van der Waals surface area contributed by atoms with Crippen LogP contribution in [0.4, 0.5) is 27.6 Å². The molecule has 0 bridgehead atoms. The summed E-state index contributed by atoms with van der Waals surface area (Å²) >= 11 is 0. The van der Waals surface area contributed by atoms with Crippen molar-refractivity contribution in [3.05, 3.63) is 88.5 Å². The number of rotatable bonds is 6. The average Bonchev–Trinajstić information content (AvgIpc) is 3.27. The van der Waals surface area contributed by atoms with E-state index in [0.717, 1.165) is 42.5 Å². The van der Waals surface area contributed by atoms with Gasteiger partial charge in [0.1, 0.15) is 23.1 Å². The molecule has 11 heteroatoms. The third-order valence-corrected chi connectivity index (χ3v) is 5.95. The number of hydrogen-bond acceptors (Lipinski definition) is 4. The average molecular weight is 520 g/mol. The zero-order valence-electron chi connectivity index (χ0n) is 19.3. The predicted octanol–water partition coefficient (Wildman–Crippen LogP) is 5.51. The Labute approximate surface area is 208 Å². The molecule has 0 saturated carbocycles. The molecule has 1 heterocycles. The van der Waals surface area contributed by atoms with Gasteiger partial charge in [-0.1, -0.05) is 0 Å². The molecule has 1 saturated heterocycles. The number of carbonyl (C=O) groups excluding carboxylic acids is 2. The second-order valence-electron chi connectivity index (χ2n) is 8.54. The van der Waals surface area contributed by atoms with E-state index in [1.165, 1.54) is 13.0 Å². The molecule has 2 unspecified atom stereocenters. The topological polar surface area (TPSA) is 87.7 Å². The van der Waals surface area contributed by atoms with Crippen LogP contribution in [0.5, 0.6) is 11.5 Å². The minimum atomic E-state index is -4.76. The fourth-order valence-electron chi connectivity index (χ4n) is 4.00. The van der Waals surface area contributed by atoms with Gasteiger partial charge in [0.05, 0.1) is 23.1 Å². The summed E-state index contributed by atoms with van der Waals surface area (Å²) in [6.07, 6.45) is -5.97. The van der Waals surface area contributed by atoms with Crippen LogP contribution in [0.15, 0.2) is 54.6 Å². The molecule has 3 N–H and O–H groups in total. The largest absolute Gasteiger partial charge is 0.456 e. The SMILES string of the molecule is Cc1cc(F)ccc1Oc1ccc(C(F)(F)F)cc1C(=O)Nc1ccc(F)c(C(O)C2CCNC2=O)c1. The molecule has 1 aliphatic heterocycles. The van der Waals surface area contributed by atoms with Crippen molar-refractivity contribution in [2.45, 2.75) is 25.6 Å². The van der Waals surface area contributed by atoms with E-state index >= 15 is 0 Å². The van der Waals surface area contributed by atoms with Gasteiger partial charge in [-0.2, -0.15) is 13.2 Å². The first-order chi connectivity index (χ1) is 17.4. The van der Waals surface area contributed by atoms with E-state index in [1.54, 1.807) is 0 Å². The number of benzene rings is 3. The summed E-state index contributed by atoms with van der Waals surface area (Å²) in [6.45, 7) is 1.85. The van der Waals surface area contributed by atoms with Crippen molar-refractivity contribution < 1.29 is 41.4 Å². The smallest absolute Gasteiger partial charge is 0.416 e. The number of halogens is 5. The van der Waals surface area contributed by atoms with Gasteiger partial charge in [-0.15, -0.1) is 0 Å². The summed E-state index contributed by atoms with van der Waals surface area (Å²) in [6, 6.07) is 9.09. The van der Waals surface area contributed by atoms with Gasteiger partial charge in [-0.05, 0) is 73.5 Å². The lowest BCUT2D eigenvalue weighted by atomic mass is 9.93. The van der Waals surface area contributed by atoms with Gasteiger partial charge in [0.15, 0.2) is 0 Å². The highest BCUT2D eigenvalue weighted by atomic mass is 19.4. The molecule has 0 spiro atoms. The van der Waals surface area contributed by atoms with E-state index in [1.807, 2.05) is 0 Å². The van der Waals surface area contributed by atoms with Crippen LogP contribution in [0.2, 0.25) is 0 Å². The first-order valence-electron chi connectivity index (χ1n) is 11.2. The third-order valence-electron chi connectivity index (χ3n) is 5.95. The maximum Gasteiger partial charge on any atom is 0.416 e. The van der Waals surface area contributed by atoms with Crippen LogP contribution in [0, 0.1) is 24.5 Å². The summed E-state index contributed by atoms with van der Waals surface area (Å²) in [5.74, 6) is -3.81. The van der Waals surface area contributed by atoms with Crippen molar-refractivity contribution in [2.24, 2.45) is 5.92 Å². The van der Waals surface area contributed by atoms with Gasteiger partial charge in [0.2, 0.25) is 5.91 Å². The lowest BCUT2D eigenvalue weighted by Crippen LogP contribution is -2.24. The molecule has 1 fully saturated rings. The number of carbonyl (C=O) groups is 2. The Morgan fingerprint density at radius 3 is 2.46 bits per heavy atom. The van der Waals surface area contributed by atoms with E-state index in [0.29, 0.717) is 18.2 Å². The monoisotopic (exact) mass is 520 g/mol. The number of aryl methyl sites for hydroxylation is 1. The van der Waals surface area contributed by atoms with Crippen LogP contribution in [0.1, 0.15) is 39.6 Å². The molecule has 4 rings (SSSR count). The van der Waals surface area contributed by atoms with Gasteiger partial charge >= 0.3 is 6.18 Å². The molecule has 3 aromatic rings. The molecule has 2 atom stereocenters. The Hall–Kier alpha value is -3.99. The zero-order chi connectivity index (χ0) is 26.9. The first-order valence-corrected chi connectivity index (χ1v) is 11.2. The van der Waals surface area contributed by atoms with Gasteiger partial charge in [0.25, 0.3) is 5.91 Å². The number of aliphatic hydroxyl groups excluding tert-OH is 1. The van der Waals surface area contributed by atoms with Gasteiger partial charge < -0.3 is 20.5 Å². The van der Waals surface area contributed by atoms with Crippen LogP contribution in [-0.2, 0) is 11.0 Å². The molecule has 1 aliphatic rings. The number of nitrogens with one attached hydrogen (secondary N) is 2. The molecule has 2 amide bonds. The van der Waals surface area contributed by atoms with E-state index in [-0.39, 0.29) is 29.2 Å². The minimum Gasteiger partial charge on any atom is -0.456 e. The van der Waals surface area contributed by atoms with Crippen LogP contribution in [-0.4, -0.2) is 23.5 Å². The molecule has 6 nitrogen and oxygen atoms in total. The molecule has 37 heavy (non-hydrogen) atoms. The Morgan fingerprint density at radius 2 is 1.81 bits per heavy atom. The van der Waals surface area contributed by atoms with Crippen molar-refractivity contribution in [3.63, 3.8) is 0 Å². The van der Waals surface area contributed by atoms with Crippen molar-refractivity contribution in [3.8, 4) is 11.5 Å². The van der Waals surface area contributed by atoms with E-state index in [4.69, 9.17) is 4.74 Å². The van der Waals surface area contributed by atoms with E-state index < -0.39 is 52.8 Å². The summed E-state index contributed by atoms with van der Waals surface area (Å²) in [5, 5.41) is 15.5. The second-order valence-corrected chi connectivity index (χ2v) is 8.54. The van der Waals surface area contributed by atoms with Crippen molar-refractivity contribution in [1.82, 2.24) is 5.32 Å². The van der Waals surface area contributed by atoms with Crippen molar-refractivity contribution in [1.29, 1.82) is 0 Å². The fourth-order valence-corrected chi connectivity index (χ4v) is 4.00. The summed E-state index contributed by atoms with van der Waals surface area (Å²) in [5.41, 5.74) is -1.52. The maximum atomic E-state index is 14.4. The lowest BCUT2D eigenvalue weighted by molar-refractivity contribution is -0.137. The summed E-state index contributed by atoms with van der Waals surface area (Å²) < 4.78 is 73.7. The van der Waals surface area contributed by atoms with Crippen LogP contribution in [0.25, 0.3) is 0 Å². The number of hydrogen-bond donors (Lipinski definition) is 3. The Morgan fingerprint density at radius 1 is 1.08 bits per heavy atom. The predicted molar refractivity (Wildman–Crippen MR) is 123 cm³/mol. The van der Waals surface area contributed by atoms with Crippen LogP contribution >= 0.6 is 0 Å². The number of aliphatic hydroxyl groups is 1. The van der Waals surface area contributed by atoms with E-state index in [9.17, 15) is 36.6 Å². The summed E-state index contributed by atoms with van der Waals surface area (Å²) in [4.78, 5) is 25.0. The zero-order valence-corrected chi connectivity index (χ0v) is 19.3. The summed E-state index contributed by atoms with van der Waals surface area (Å²) in [7, 11) is 0. The number of amides is 2.